The maximum absolute atomic E-state index is 11.9. The van der Waals surface area contributed by atoms with E-state index >= 15 is 0 Å². The van der Waals surface area contributed by atoms with Gasteiger partial charge in [-0.3, -0.25) is 0 Å². The fraction of sp³-hybridized carbons (Fsp3) is 0.400. The van der Waals surface area contributed by atoms with Crippen molar-refractivity contribution in [3.63, 3.8) is 0 Å². The maximum atomic E-state index is 11.9. The summed E-state index contributed by atoms with van der Waals surface area (Å²) in [7, 11) is -3.58. The van der Waals surface area contributed by atoms with E-state index in [1.807, 2.05) is 6.92 Å². The van der Waals surface area contributed by atoms with Crippen LogP contribution in [0.2, 0.25) is 0 Å². The molecule has 2 aromatic rings. The van der Waals surface area contributed by atoms with Gasteiger partial charge in [0, 0.05) is 13.1 Å². The first-order valence-corrected chi connectivity index (χ1v) is 7.01. The largest absolute Gasteiger partial charge is 0.336 e. The number of aryl methyl sites for hydroxylation is 1. The quantitative estimate of drug-likeness (QED) is 0.829. The van der Waals surface area contributed by atoms with Gasteiger partial charge in [0.2, 0.25) is 10.0 Å². The third-order valence-corrected chi connectivity index (χ3v) is 3.89. The number of pyridine rings is 1. The number of aromatic nitrogens is 2. The highest BCUT2D eigenvalue weighted by Gasteiger charge is 2.17. The third kappa shape index (κ3) is 3.21. The molecular weight excluding hydrogens is 292 g/mol. The van der Waals surface area contributed by atoms with E-state index in [4.69, 9.17) is 10.3 Å². The minimum Gasteiger partial charge on any atom is -0.336 e. The molecule has 0 radical (unpaired) electrons. The number of halogens is 1. The lowest BCUT2D eigenvalue weighted by molar-refractivity contribution is 0.439. The molecular formula is C10H15ClN4O3S. The van der Waals surface area contributed by atoms with Crippen LogP contribution in [0.4, 0.5) is 0 Å². The molecule has 0 bridgehead atoms. The number of nitrogens with zero attached hydrogens (tertiary/aromatic N) is 2. The van der Waals surface area contributed by atoms with Crippen molar-refractivity contribution in [3.05, 3.63) is 18.0 Å². The highest BCUT2D eigenvalue weighted by molar-refractivity contribution is 7.89. The van der Waals surface area contributed by atoms with Crippen LogP contribution in [0.5, 0.6) is 0 Å². The average Bonchev–Trinajstić information content (AvgIpc) is 2.78. The van der Waals surface area contributed by atoms with Crippen molar-refractivity contribution in [3.8, 4) is 0 Å². The molecule has 2 rings (SSSR count). The van der Waals surface area contributed by atoms with Gasteiger partial charge in [-0.15, -0.1) is 12.4 Å². The molecule has 2 aromatic heterocycles. The number of hydrogen-bond acceptors (Lipinski definition) is 6. The van der Waals surface area contributed by atoms with Crippen molar-refractivity contribution in [2.24, 2.45) is 5.73 Å². The summed E-state index contributed by atoms with van der Waals surface area (Å²) in [5.41, 5.74) is 6.29. The lowest BCUT2D eigenvalue weighted by atomic mass is 10.2. The minimum absolute atomic E-state index is 0. The SMILES string of the molecule is CCc1noc2ncc(S(=O)(=O)NCCN)cc12.Cl. The van der Waals surface area contributed by atoms with Crippen LogP contribution in [0.25, 0.3) is 11.1 Å². The van der Waals surface area contributed by atoms with Gasteiger partial charge in [-0.25, -0.2) is 18.1 Å². The lowest BCUT2D eigenvalue weighted by Crippen LogP contribution is -2.29. The first kappa shape index (κ1) is 15.8. The summed E-state index contributed by atoms with van der Waals surface area (Å²) in [6, 6.07) is 1.51. The van der Waals surface area contributed by atoms with Crippen LogP contribution in [0, 0.1) is 0 Å². The van der Waals surface area contributed by atoms with Crippen LogP contribution in [0.3, 0.4) is 0 Å². The molecule has 0 unspecified atom stereocenters. The smallest absolute Gasteiger partial charge is 0.258 e. The number of nitrogens with two attached hydrogens (primary N) is 1. The van der Waals surface area contributed by atoms with Gasteiger partial charge in [0.05, 0.1) is 17.3 Å². The summed E-state index contributed by atoms with van der Waals surface area (Å²) >= 11 is 0. The van der Waals surface area contributed by atoms with Crippen LogP contribution in [0.15, 0.2) is 21.7 Å². The van der Waals surface area contributed by atoms with Gasteiger partial charge in [-0.05, 0) is 12.5 Å². The first-order chi connectivity index (χ1) is 8.58. The van der Waals surface area contributed by atoms with Gasteiger partial charge in [-0.1, -0.05) is 12.1 Å². The van der Waals surface area contributed by atoms with Crippen LogP contribution in [-0.4, -0.2) is 31.6 Å². The summed E-state index contributed by atoms with van der Waals surface area (Å²) in [5.74, 6) is 0. The zero-order valence-electron chi connectivity index (χ0n) is 10.3. The van der Waals surface area contributed by atoms with Gasteiger partial charge in [0.15, 0.2) is 0 Å². The highest BCUT2D eigenvalue weighted by Crippen LogP contribution is 2.20. The summed E-state index contributed by atoms with van der Waals surface area (Å²) in [5, 5.41) is 4.45. The van der Waals surface area contributed by atoms with E-state index < -0.39 is 10.0 Å². The molecule has 3 N–H and O–H groups in total. The van der Waals surface area contributed by atoms with Gasteiger partial charge in [0.1, 0.15) is 4.90 Å². The van der Waals surface area contributed by atoms with E-state index in [0.717, 1.165) is 0 Å². The molecule has 0 aliphatic carbocycles. The minimum atomic E-state index is -3.58. The number of sulfonamides is 1. The zero-order valence-corrected chi connectivity index (χ0v) is 11.9. The number of rotatable bonds is 5. The Morgan fingerprint density at radius 1 is 1.47 bits per heavy atom. The molecule has 0 aliphatic heterocycles. The van der Waals surface area contributed by atoms with Crippen LogP contribution in [0.1, 0.15) is 12.6 Å². The van der Waals surface area contributed by atoms with E-state index in [1.54, 1.807) is 0 Å². The standard InChI is InChI=1S/C10H14N4O3S.ClH/c1-2-9-8-5-7(6-12-10(8)17-14-9)18(15,16)13-4-3-11;/h5-6,13H,2-4,11H2,1H3;1H. The summed E-state index contributed by atoms with van der Waals surface area (Å²) in [6.45, 7) is 2.33. The van der Waals surface area contributed by atoms with E-state index in [-0.39, 0.29) is 30.4 Å². The van der Waals surface area contributed by atoms with Crippen molar-refractivity contribution < 1.29 is 12.9 Å². The second kappa shape index (κ2) is 6.29. The monoisotopic (exact) mass is 306 g/mol. The van der Waals surface area contributed by atoms with E-state index in [1.165, 1.54) is 12.3 Å². The fourth-order valence-corrected chi connectivity index (χ4v) is 2.56. The third-order valence-electron chi connectivity index (χ3n) is 2.46. The predicted octanol–water partition coefficient (Wildman–Crippen LogP) is 0.444. The molecule has 9 heteroatoms. The molecule has 7 nitrogen and oxygen atoms in total. The van der Waals surface area contributed by atoms with Gasteiger partial charge in [0.25, 0.3) is 5.71 Å². The van der Waals surface area contributed by atoms with Crippen molar-refractivity contribution in [2.75, 3.05) is 13.1 Å². The second-order valence-electron chi connectivity index (χ2n) is 3.69. The van der Waals surface area contributed by atoms with E-state index in [2.05, 4.69) is 14.9 Å². The number of fused-ring (bicyclic) bond motifs is 1. The predicted molar refractivity (Wildman–Crippen MR) is 72.7 cm³/mol. The Kier molecular flexibility index (Phi) is 5.24. The molecule has 0 saturated heterocycles. The van der Waals surface area contributed by atoms with Gasteiger partial charge < -0.3 is 10.3 Å². The molecule has 0 aromatic carbocycles. The molecule has 0 fully saturated rings. The number of nitrogens with one attached hydrogen (secondary N) is 1. The Hall–Kier alpha value is -1.22. The average molecular weight is 307 g/mol. The second-order valence-corrected chi connectivity index (χ2v) is 5.46. The van der Waals surface area contributed by atoms with Crippen LogP contribution in [-0.2, 0) is 16.4 Å². The molecule has 0 aliphatic rings. The van der Waals surface area contributed by atoms with Crippen molar-refractivity contribution >= 4 is 33.5 Å². The zero-order chi connectivity index (χ0) is 13.2. The molecule has 19 heavy (non-hydrogen) atoms. The lowest BCUT2D eigenvalue weighted by Gasteiger charge is -2.04. The first-order valence-electron chi connectivity index (χ1n) is 5.52. The summed E-state index contributed by atoms with van der Waals surface area (Å²) in [6.07, 6.45) is 1.89. The van der Waals surface area contributed by atoms with Gasteiger partial charge >= 0.3 is 0 Å². The molecule has 0 saturated carbocycles. The fourth-order valence-electron chi connectivity index (χ4n) is 1.54. The summed E-state index contributed by atoms with van der Waals surface area (Å²) in [4.78, 5) is 4.03. The molecule has 0 amide bonds. The molecule has 106 valence electrons. The Morgan fingerprint density at radius 3 is 2.84 bits per heavy atom. The maximum Gasteiger partial charge on any atom is 0.258 e. The highest BCUT2D eigenvalue weighted by atomic mass is 35.5. The van der Waals surface area contributed by atoms with Gasteiger partial charge in [-0.2, -0.15) is 0 Å². The molecule has 0 spiro atoms. The normalized spacial score (nSPS) is 11.5. The Balaban J connectivity index is 0.00000180. The van der Waals surface area contributed by atoms with Crippen LogP contribution < -0.4 is 10.5 Å². The van der Waals surface area contributed by atoms with Crippen molar-refractivity contribution in [1.82, 2.24) is 14.9 Å². The van der Waals surface area contributed by atoms with Crippen molar-refractivity contribution in [1.29, 1.82) is 0 Å². The Morgan fingerprint density at radius 2 is 2.21 bits per heavy atom. The summed E-state index contributed by atoms with van der Waals surface area (Å²) < 4.78 is 31.2. The van der Waals surface area contributed by atoms with E-state index in [9.17, 15) is 8.42 Å². The topological polar surface area (TPSA) is 111 Å². The van der Waals surface area contributed by atoms with Crippen molar-refractivity contribution in [2.45, 2.75) is 18.2 Å². The molecule has 0 atom stereocenters. The number of hydrogen-bond donors (Lipinski definition) is 2. The Bertz CT molecular complexity index is 656. The Labute approximate surface area is 117 Å². The van der Waals surface area contributed by atoms with E-state index in [0.29, 0.717) is 23.2 Å². The molecule has 2 heterocycles. The van der Waals surface area contributed by atoms with Crippen LogP contribution >= 0.6 is 12.4 Å².